The highest BCUT2D eigenvalue weighted by Gasteiger charge is 2.52. The summed E-state index contributed by atoms with van der Waals surface area (Å²) in [5.74, 6) is 0.615. The van der Waals surface area contributed by atoms with Crippen LogP contribution in [0.3, 0.4) is 0 Å². The van der Waals surface area contributed by atoms with Crippen molar-refractivity contribution in [2.75, 3.05) is 12.8 Å². The van der Waals surface area contributed by atoms with Gasteiger partial charge >= 0.3 is 0 Å². The van der Waals surface area contributed by atoms with Gasteiger partial charge in [-0.05, 0) is 53.5 Å². The number of hydrogen-bond donors (Lipinski definition) is 3. The van der Waals surface area contributed by atoms with Gasteiger partial charge in [0.05, 0.1) is 12.0 Å². The van der Waals surface area contributed by atoms with E-state index in [9.17, 15) is 4.79 Å². The summed E-state index contributed by atoms with van der Waals surface area (Å²) in [6, 6.07) is 9.98. The normalized spacial score (nSPS) is 24.1. The van der Waals surface area contributed by atoms with Gasteiger partial charge in [0.2, 0.25) is 5.91 Å². The molecule has 1 aromatic heterocycles. The first-order chi connectivity index (χ1) is 11.5. The summed E-state index contributed by atoms with van der Waals surface area (Å²) in [6.45, 7) is 0. The van der Waals surface area contributed by atoms with E-state index in [1.807, 2.05) is 24.3 Å². The van der Waals surface area contributed by atoms with Crippen LogP contribution in [0.5, 0.6) is 0 Å². The lowest BCUT2D eigenvalue weighted by Crippen LogP contribution is -2.60. The Balaban J connectivity index is 1.73. The van der Waals surface area contributed by atoms with Crippen LogP contribution in [-0.2, 0) is 10.3 Å². The van der Waals surface area contributed by atoms with Crippen molar-refractivity contribution >= 4 is 28.9 Å². The van der Waals surface area contributed by atoms with Crippen LogP contribution in [-0.4, -0.2) is 23.8 Å². The first-order valence-corrected chi connectivity index (χ1v) is 8.96. The molecule has 1 aromatic carbocycles. The molecule has 1 amide bonds. The predicted octanol–water partition coefficient (Wildman–Crippen LogP) is 2.99. The van der Waals surface area contributed by atoms with Crippen molar-refractivity contribution in [3.05, 3.63) is 40.6 Å². The number of hydrogen-bond acceptors (Lipinski definition) is 4. The second kappa shape index (κ2) is 5.34. The standard InChI is InChI=1S/C18H20N4OS/c1-22-16(23)9-18(13-5-6-13,21-17(22)20)15-8-12(10-24-15)11-3-2-4-14(19)7-11/h2-4,7-8,10,13H,5-6,9,19H2,1H3,(H2,20,21)/t18-/m1/s1. The summed E-state index contributed by atoms with van der Waals surface area (Å²) < 4.78 is 0. The first-order valence-electron chi connectivity index (χ1n) is 8.08. The fourth-order valence-corrected chi connectivity index (χ4v) is 4.59. The highest BCUT2D eigenvalue weighted by Crippen LogP contribution is 2.51. The smallest absolute Gasteiger partial charge is 0.231 e. The predicted molar refractivity (Wildman–Crippen MR) is 96.8 cm³/mol. The van der Waals surface area contributed by atoms with E-state index in [1.165, 1.54) is 4.90 Å². The lowest BCUT2D eigenvalue weighted by molar-refractivity contribution is -0.130. The van der Waals surface area contributed by atoms with Crippen molar-refractivity contribution < 1.29 is 4.79 Å². The number of thiophene rings is 1. The lowest BCUT2D eigenvalue weighted by Gasteiger charge is -2.41. The number of rotatable bonds is 3. The van der Waals surface area contributed by atoms with Gasteiger partial charge in [0.1, 0.15) is 0 Å². The zero-order valence-electron chi connectivity index (χ0n) is 13.5. The van der Waals surface area contributed by atoms with Gasteiger partial charge in [0.15, 0.2) is 5.96 Å². The number of amides is 1. The van der Waals surface area contributed by atoms with Gasteiger partial charge in [-0.3, -0.25) is 15.1 Å². The highest BCUT2D eigenvalue weighted by molar-refractivity contribution is 7.10. The zero-order chi connectivity index (χ0) is 16.9. The second-order valence-electron chi connectivity index (χ2n) is 6.67. The molecular formula is C18H20N4OS. The molecule has 1 aliphatic carbocycles. The van der Waals surface area contributed by atoms with Crippen molar-refractivity contribution in [3.63, 3.8) is 0 Å². The van der Waals surface area contributed by atoms with Crippen LogP contribution in [0.15, 0.2) is 35.7 Å². The summed E-state index contributed by atoms with van der Waals surface area (Å²) in [5, 5.41) is 13.6. The molecule has 0 radical (unpaired) electrons. The Morgan fingerprint density at radius 3 is 2.79 bits per heavy atom. The summed E-state index contributed by atoms with van der Waals surface area (Å²) in [6.07, 6.45) is 2.61. The van der Waals surface area contributed by atoms with E-state index in [0.29, 0.717) is 12.3 Å². The molecule has 0 bridgehead atoms. The van der Waals surface area contributed by atoms with E-state index >= 15 is 0 Å². The average Bonchev–Trinajstić information content (AvgIpc) is 3.29. The van der Waals surface area contributed by atoms with Crippen LogP contribution in [0.2, 0.25) is 0 Å². The summed E-state index contributed by atoms with van der Waals surface area (Å²) in [5.41, 5.74) is 8.40. The largest absolute Gasteiger partial charge is 0.399 e. The minimum atomic E-state index is -0.427. The van der Waals surface area contributed by atoms with Gasteiger partial charge in [-0.25, -0.2) is 0 Å². The molecule has 0 unspecified atom stereocenters. The fraction of sp³-hybridized carbons (Fsp3) is 0.333. The number of benzene rings is 1. The van der Waals surface area contributed by atoms with Crippen LogP contribution >= 0.6 is 11.3 Å². The maximum atomic E-state index is 12.4. The number of anilines is 1. The van der Waals surface area contributed by atoms with Gasteiger partial charge in [0.25, 0.3) is 0 Å². The van der Waals surface area contributed by atoms with E-state index < -0.39 is 5.54 Å². The third-order valence-corrected chi connectivity index (χ3v) is 6.12. The highest BCUT2D eigenvalue weighted by atomic mass is 32.1. The van der Waals surface area contributed by atoms with E-state index in [0.717, 1.165) is 34.5 Å². The molecule has 2 aliphatic rings. The van der Waals surface area contributed by atoms with Crippen molar-refractivity contribution in [3.8, 4) is 11.1 Å². The Kier molecular flexibility index (Phi) is 3.38. The van der Waals surface area contributed by atoms with Crippen LogP contribution in [0.4, 0.5) is 5.69 Å². The number of nitrogens with zero attached hydrogens (tertiary/aromatic N) is 1. The Bertz CT molecular complexity index is 806. The van der Waals surface area contributed by atoms with Crippen molar-refractivity contribution in [1.82, 2.24) is 10.2 Å². The fourth-order valence-electron chi connectivity index (χ4n) is 3.43. The molecule has 1 saturated heterocycles. The number of guanidine groups is 1. The molecule has 6 heteroatoms. The molecule has 4 N–H and O–H groups in total. The third-order valence-electron chi connectivity index (χ3n) is 5.01. The quantitative estimate of drug-likeness (QED) is 0.751. The Morgan fingerprint density at radius 1 is 1.33 bits per heavy atom. The Labute approximate surface area is 145 Å². The number of carbonyl (C=O) groups excluding carboxylic acids is 1. The van der Waals surface area contributed by atoms with Gasteiger partial charge in [0, 0.05) is 17.6 Å². The molecule has 2 heterocycles. The topological polar surface area (TPSA) is 82.2 Å². The van der Waals surface area contributed by atoms with Crippen LogP contribution < -0.4 is 11.1 Å². The molecule has 124 valence electrons. The monoisotopic (exact) mass is 340 g/mol. The molecule has 0 spiro atoms. The van der Waals surface area contributed by atoms with E-state index in [4.69, 9.17) is 11.1 Å². The van der Waals surface area contributed by atoms with Gasteiger partial charge in [-0.1, -0.05) is 12.1 Å². The maximum Gasteiger partial charge on any atom is 0.231 e. The molecule has 2 fully saturated rings. The van der Waals surface area contributed by atoms with E-state index in [1.54, 1.807) is 18.4 Å². The summed E-state index contributed by atoms with van der Waals surface area (Å²) in [4.78, 5) is 14.9. The summed E-state index contributed by atoms with van der Waals surface area (Å²) >= 11 is 1.66. The molecular weight excluding hydrogens is 320 g/mol. The van der Waals surface area contributed by atoms with Gasteiger partial charge < -0.3 is 11.1 Å². The number of nitrogens with one attached hydrogen (secondary N) is 2. The van der Waals surface area contributed by atoms with Crippen LogP contribution in [0.1, 0.15) is 24.1 Å². The average molecular weight is 340 g/mol. The molecule has 24 heavy (non-hydrogen) atoms. The second-order valence-corrected chi connectivity index (χ2v) is 7.59. The molecule has 1 atom stereocenters. The van der Waals surface area contributed by atoms with Gasteiger partial charge in [-0.2, -0.15) is 0 Å². The number of nitrogen functional groups attached to an aromatic ring is 1. The third kappa shape index (κ3) is 2.38. The Morgan fingerprint density at radius 2 is 2.12 bits per heavy atom. The van der Waals surface area contributed by atoms with Crippen LogP contribution in [0, 0.1) is 11.3 Å². The van der Waals surface area contributed by atoms with Gasteiger partial charge in [-0.15, -0.1) is 11.3 Å². The van der Waals surface area contributed by atoms with Crippen molar-refractivity contribution in [2.24, 2.45) is 5.92 Å². The number of carbonyl (C=O) groups is 1. The molecule has 1 aliphatic heterocycles. The molecule has 1 saturated carbocycles. The SMILES string of the molecule is CN1C(=N)N[C@@](c2cc(-c3cccc(N)c3)cs2)(C2CC2)CC1=O. The lowest BCUT2D eigenvalue weighted by atomic mass is 9.85. The van der Waals surface area contributed by atoms with E-state index in [-0.39, 0.29) is 11.9 Å². The first kappa shape index (κ1) is 15.2. The zero-order valence-corrected chi connectivity index (χ0v) is 14.3. The van der Waals surface area contributed by atoms with Crippen LogP contribution in [0.25, 0.3) is 11.1 Å². The molecule has 2 aromatic rings. The molecule has 5 nitrogen and oxygen atoms in total. The minimum absolute atomic E-state index is 0.00422. The van der Waals surface area contributed by atoms with Crippen molar-refractivity contribution in [2.45, 2.75) is 24.8 Å². The summed E-state index contributed by atoms with van der Waals surface area (Å²) in [7, 11) is 1.65. The maximum absolute atomic E-state index is 12.4. The van der Waals surface area contributed by atoms with E-state index in [2.05, 4.69) is 16.8 Å². The Hall–Kier alpha value is -2.34. The number of nitrogens with two attached hydrogens (primary N) is 1. The van der Waals surface area contributed by atoms with Crippen molar-refractivity contribution in [1.29, 1.82) is 5.41 Å². The molecule has 4 rings (SSSR count). The minimum Gasteiger partial charge on any atom is -0.399 e.